The summed E-state index contributed by atoms with van der Waals surface area (Å²) >= 11 is 0. The molecule has 0 aliphatic rings. The third-order valence-electron chi connectivity index (χ3n) is 4.94. The van der Waals surface area contributed by atoms with Gasteiger partial charge in [0.15, 0.2) is 0 Å². The quantitative estimate of drug-likeness (QED) is 0.391. The van der Waals surface area contributed by atoms with E-state index in [1.54, 1.807) is 54.8 Å². The number of hydrogen-bond donors (Lipinski definition) is 1. The lowest BCUT2D eigenvalue weighted by molar-refractivity contribution is -0.117. The van der Waals surface area contributed by atoms with Crippen molar-refractivity contribution in [2.45, 2.75) is 13.2 Å². The van der Waals surface area contributed by atoms with E-state index in [9.17, 15) is 9.59 Å². The van der Waals surface area contributed by atoms with Crippen LogP contribution in [0.4, 0.5) is 5.69 Å². The molecule has 6 nitrogen and oxygen atoms in total. The molecule has 0 saturated carbocycles. The van der Waals surface area contributed by atoms with Gasteiger partial charge in [0.25, 0.3) is 5.91 Å². The molecule has 4 aromatic rings. The van der Waals surface area contributed by atoms with Crippen molar-refractivity contribution >= 4 is 17.5 Å². The smallest absolute Gasteiger partial charge is 0.254 e. The van der Waals surface area contributed by atoms with Gasteiger partial charge in [0, 0.05) is 11.3 Å². The van der Waals surface area contributed by atoms with Crippen LogP contribution in [0.25, 0.3) is 0 Å². The van der Waals surface area contributed by atoms with Crippen LogP contribution >= 0.6 is 0 Å². The summed E-state index contributed by atoms with van der Waals surface area (Å²) in [6.07, 6.45) is 1.54. The van der Waals surface area contributed by atoms with Gasteiger partial charge in [-0.2, -0.15) is 0 Å². The number of ether oxygens (including phenoxy) is 1. The Morgan fingerprint density at radius 3 is 2.33 bits per heavy atom. The maximum Gasteiger partial charge on any atom is 0.254 e. The van der Waals surface area contributed by atoms with E-state index in [4.69, 9.17) is 9.15 Å². The number of para-hydroxylation sites is 1. The number of furan rings is 1. The van der Waals surface area contributed by atoms with E-state index in [0.717, 1.165) is 5.56 Å². The van der Waals surface area contributed by atoms with E-state index in [0.29, 0.717) is 29.4 Å². The molecule has 4 rings (SSSR count). The molecule has 33 heavy (non-hydrogen) atoms. The van der Waals surface area contributed by atoms with Crippen molar-refractivity contribution in [3.8, 4) is 5.75 Å². The number of carbonyl (C=O) groups is 2. The Morgan fingerprint density at radius 2 is 1.61 bits per heavy atom. The number of amides is 2. The first-order valence-electron chi connectivity index (χ1n) is 10.6. The van der Waals surface area contributed by atoms with Gasteiger partial charge in [-0.15, -0.1) is 0 Å². The topological polar surface area (TPSA) is 71.8 Å². The Bertz CT molecular complexity index is 1180. The van der Waals surface area contributed by atoms with Crippen LogP contribution in [0.5, 0.6) is 5.75 Å². The second kappa shape index (κ2) is 10.8. The second-order valence-electron chi connectivity index (χ2n) is 7.46. The summed E-state index contributed by atoms with van der Waals surface area (Å²) in [4.78, 5) is 27.4. The molecule has 3 aromatic carbocycles. The predicted octanol–water partition coefficient (Wildman–Crippen LogP) is 5.14. The molecule has 0 unspecified atom stereocenters. The van der Waals surface area contributed by atoms with Gasteiger partial charge in [-0.1, -0.05) is 54.6 Å². The molecule has 2 amide bonds. The minimum atomic E-state index is -0.294. The van der Waals surface area contributed by atoms with Gasteiger partial charge in [-0.25, -0.2) is 0 Å². The zero-order chi connectivity index (χ0) is 22.9. The summed E-state index contributed by atoms with van der Waals surface area (Å²) < 4.78 is 11.3. The average Bonchev–Trinajstić information content (AvgIpc) is 3.36. The highest BCUT2D eigenvalue weighted by Gasteiger charge is 2.21. The lowest BCUT2D eigenvalue weighted by Crippen LogP contribution is -2.37. The predicted molar refractivity (Wildman–Crippen MR) is 126 cm³/mol. The number of hydrogen-bond acceptors (Lipinski definition) is 4. The third-order valence-corrected chi connectivity index (χ3v) is 4.94. The van der Waals surface area contributed by atoms with E-state index >= 15 is 0 Å². The van der Waals surface area contributed by atoms with Crippen molar-refractivity contribution in [3.63, 3.8) is 0 Å². The molecule has 1 aromatic heterocycles. The van der Waals surface area contributed by atoms with Crippen LogP contribution in [0.2, 0.25) is 0 Å². The first kappa shape index (κ1) is 21.9. The highest BCUT2D eigenvalue weighted by Crippen LogP contribution is 2.18. The molecule has 1 N–H and O–H groups in total. The number of nitrogens with one attached hydrogen (secondary N) is 1. The van der Waals surface area contributed by atoms with Crippen LogP contribution in [0.1, 0.15) is 21.7 Å². The van der Waals surface area contributed by atoms with Crippen LogP contribution in [-0.2, 0) is 17.9 Å². The Kier molecular flexibility index (Phi) is 7.18. The van der Waals surface area contributed by atoms with E-state index in [-0.39, 0.29) is 24.9 Å². The minimum Gasteiger partial charge on any atom is -0.489 e. The van der Waals surface area contributed by atoms with Gasteiger partial charge in [0.2, 0.25) is 5.91 Å². The van der Waals surface area contributed by atoms with Crippen molar-refractivity contribution in [1.82, 2.24) is 4.90 Å². The van der Waals surface area contributed by atoms with Crippen LogP contribution < -0.4 is 10.1 Å². The Labute approximate surface area is 192 Å². The van der Waals surface area contributed by atoms with E-state index in [2.05, 4.69) is 5.32 Å². The zero-order valence-corrected chi connectivity index (χ0v) is 18.0. The van der Waals surface area contributed by atoms with Gasteiger partial charge >= 0.3 is 0 Å². The Hall–Kier alpha value is -4.32. The van der Waals surface area contributed by atoms with Gasteiger partial charge in [-0.3, -0.25) is 9.59 Å². The van der Waals surface area contributed by atoms with Crippen LogP contribution in [-0.4, -0.2) is 23.3 Å². The SMILES string of the molecule is O=C(CN(Cc1ccco1)C(=O)c1cccc(OCc2ccccc2)c1)Nc1ccccc1. The molecular formula is C27H24N2O4. The van der Waals surface area contributed by atoms with Crippen molar-refractivity contribution in [3.05, 3.63) is 120 Å². The van der Waals surface area contributed by atoms with E-state index in [1.165, 1.54) is 4.90 Å². The molecule has 0 aliphatic carbocycles. The van der Waals surface area contributed by atoms with Crippen LogP contribution in [0, 0.1) is 0 Å². The molecular weight excluding hydrogens is 416 g/mol. The van der Waals surface area contributed by atoms with Crippen molar-refractivity contribution in [1.29, 1.82) is 0 Å². The number of benzene rings is 3. The maximum absolute atomic E-state index is 13.3. The largest absolute Gasteiger partial charge is 0.489 e. The van der Waals surface area contributed by atoms with Crippen molar-refractivity contribution in [2.24, 2.45) is 0 Å². The standard InChI is InChI=1S/C27H24N2O4/c30-26(28-23-12-5-2-6-13-23)19-29(18-25-15-8-16-32-25)27(31)22-11-7-14-24(17-22)33-20-21-9-3-1-4-10-21/h1-17H,18-20H2,(H,28,30). The average molecular weight is 440 g/mol. The van der Waals surface area contributed by atoms with Crippen molar-refractivity contribution < 1.29 is 18.7 Å². The summed E-state index contributed by atoms with van der Waals surface area (Å²) in [7, 11) is 0. The first-order chi connectivity index (χ1) is 16.2. The fourth-order valence-corrected chi connectivity index (χ4v) is 3.33. The number of nitrogens with zero attached hydrogens (tertiary/aromatic N) is 1. The van der Waals surface area contributed by atoms with Gasteiger partial charge in [0.05, 0.1) is 12.8 Å². The molecule has 0 aliphatic heterocycles. The summed E-state index contributed by atoms with van der Waals surface area (Å²) in [5, 5.41) is 2.82. The normalized spacial score (nSPS) is 10.4. The monoisotopic (exact) mass is 440 g/mol. The van der Waals surface area contributed by atoms with Crippen molar-refractivity contribution in [2.75, 3.05) is 11.9 Å². The summed E-state index contributed by atoms with van der Waals surface area (Å²) in [6, 6.07) is 29.4. The molecule has 0 bridgehead atoms. The highest BCUT2D eigenvalue weighted by atomic mass is 16.5. The zero-order valence-electron chi connectivity index (χ0n) is 18.0. The van der Waals surface area contributed by atoms with Gasteiger partial charge in [-0.05, 0) is 48.0 Å². The summed E-state index contributed by atoms with van der Waals surface area (Å²) in [5.41, 5.74) is 2.13. The molecule has 0 fully saturated rings. The molecule has 6 heteroatoms. The molecule has 166 valence electrons. The second-order valence-corrected chi connectivity index (χ2v) is 7.46. The summed E-state index contributed by atoms with van der Waals surface area (Å²) in [6.45, 7) is 0.445. The van der Waals surface area contributed by atoms with E-state index < -0.39 is 0 Å². The number of carbonyl (C=O) groups excluding carboxylic acids is 2. The number of rotatable bonds is 9. The van der Waals surface area contributed by atoms with Crippen LogP contribution in [0.3, 0.4) is 0 Å². The van der Waals surface area contributed by atoms with Gasteiger partial charge < -0.3 is 19.4 Å². The fourth-order valence-electron chi connectivity index (χ4n) is 3.33. The molecule has 0 radical (unpaired) electrons. The maximum atomic E-state index is 13.3. The lowest BCUT2D eigenvalue weighted by atomic mass is 10.1. The molecule has 0 saturated heterocycles. The number of anilines is 1. The molecule has 0 atom stereocenters. The minimum absolute atomic E-state index is 0.122. The van der Waals surface area contributed by atoms with Crippen LogP contribution in [0.15, 0.2) is 108 Å². The highest BCUT2D eigenvalue weighted by molar-refractivity contribution is 5.99. The summed E-state index contributed by atoms with van der Waals surface area (Å²) in [5.74, 6) is 0.584. The third kappa shape index (κ3) is 6.33. The first-order valence-corrected chi connectivity index (χ1v) is 10.6. The Morgan fingerprint density at radius 1 is 0.848 bits per heavy atom. The molecule has 0 spiro atoms. The molecule has 1 heterocycles. The van der Waals surface area contributed by atoms with E-state index in [1.807, 2.05) is 48.5 Å². The lowest BCUT2D eigenvalue weighted by Gasteiger charge is -2.21. The fraction of sp³-hybridized carbons (Fsp3) is 0.111. The Balaban J connectivity index is 1.47. The van der Waals surface area contributed by atoms with Gasteiger partial charge in [0.1, 0.15) is 24.7 Å².